The van der Waals surface area contributed by atoms with Gasteiger partial charge >= 0.3 is 10.1 Å². The summed E-state index contributed by atoms with van der Waals surface area (Å²) in [5.41, 5.74) is 1.03. The van der Waals surface area contributed by atoms with E-state index in [1.807, 2.05) is 0 Å². The van der Waals surface area contributed by atoms with Crippen LogP contribution in [0, 0.1) is 5.41 Å². The molecule has 10 heteroatoms. The number of carbonyl (C=O) groups excluding carboxylic acids is 2. The van der Waals surface area contributed by atoms with Crippen molar-refractivity contribution >= 4 is 50.6 Å². The van der Waals surface area contributed by atoms with E-state index in [0.29, 0.717) is 16.2 Å². The van der Waals surface area contributed by atoms with Crippen molar-refractivity contribution in [3.05, 3.63) is 59.0 Å². The minimum atomic E-state index is -4.07. The van der Waals surface area contributed by atoms with Gasteiger partial charge < -0.3 is 14.8 Å². The van der Waals surface area contributed by atoms with Crippen LogP contribution in [0.2, 0.25) is 0 Å². The number of benzene rings is 2. The van der Waals surface area contributed by atoms with Crippen LogP contribution in [0.25, 0.3) is 6.08 Å². The van der Waals surface area contributed by atoms with Gasteiger partial charge in [-0.05, 0) is 59.8 Å². The maximum atomic E-state index is 12.5. The van der Waals surface area contributed by atoms with E-state index >= 15 is 0 Å². The topological polar surface area (TPSA) is 125 Å². The number of amidine groups is 1. The van der Waals surface area contributed by atoms with Gasteiger partial charge in [-0.1, -0.05) is 12.1 Å². The fourth-order valence-corrected chi connectivity index (χ4v) is 3.96. The average Bonchev–Trinajstić information content (AvgIpc) is 2.92. The second-order valence-corrected chi connectivity index (χ2v) is 8.31. The third-order valence-electron chi connectivity index (χ3n) is 3.49. The van der Waals surface area contributed by atoms with Crippen LogP contribution in [0.4, 0.5) is 5.69 Å². The molecule has 1 saturated heterocycles. The third-order valence-corrected chi connectivity index (χ3v) is 5.58. The molecule has 2 aromatic carbocycles. The summed E-state index contributed by atoms with van der Waals surface area (Å²) < 4.78 is 30.1. The van der Waals surface area contributed by atoms with Crippen molar-refractivity contribution in [2.75, 3.05) is 5.32 Å². The van der Waals surface area contributed by atoms with E-state index in [0.717, 1.165) is 11.8 Å². The first-order chi connectivity index (χ1) is 13.2. The summed E-state index contributed by atoms with van der Waals surface area (Å²) in [7, 11) is -4.07. The first-order valence-electron chi connectivity index (χ1n) is 7.94. The molecule has 0 unspecified atom stereocenters. The lowest BCUT2D eigenvalue weighted by Crippen LogP contribution is -2.18. The molecule has 1 heterocycles. The van der Waals surface area contributed by atoms with E-state index in [2.05, 4.69) is 10.6 Å². The molecule has 0 atom stereocenters. The summed E-state index contributed by atoms with van der Waals surface area (Å²) in [6, 6.07) is 11.8. The van der Waals surface area contributed by atoms with Gasteiger partial charge in [0.05, 0.1) is 4.91 Å². The summed E-state index contributed by atoms with van der Waals surface area (Å²) >= 11 is 0.985. The van der Waals surface area contributed by atoms with Crippen LogP contribution < -0.4 is 14.8 Å². The number of carbonyl (C=O) groups is 2. The molecule has 144 valence electrons. The van der Waals surface area contributed by atoms with Crippen LogP contribution in [0.5, 0.6) is 5.75 Å². The number of thioether (sulfide) groups is 1. The lowest BCUT2D eigenvalue weighted by atomic mass is 10.2. The molecule has 0 radical (unpaired) electrons. The maximum absolute atomic E-state index is 12.5. The van der Waals surface area contributed by atoms with Gasteiger partial charge in [-0.2, -0.15) is 8.42 Å². The van der Waals surface area contributed by atoms with E-state index < -0.39 is 10.1 Å². The summed E-state index contributed by atoms with van der Waals surface area (Å²) in [6.07, 6.45) is 1.54. The molecule has 0 bridgehead atoms. The Labute approximate surface area is 165 Å². The van der Waals surface area contributed by atoms with Crippen LogP contribution in [-0.4, -0.2) is 25.4 Å². The zero-order valence-electron chi connectivity index (χ0n) is 14.6. The first kappa shape index (κ1) is 19.6. The predicted octanol–water partition coefficient (Wildman–Crippen LogP) is 2.55. The molecular formula is C18H15N3O5S2. The lowest BCUT2D eigenvalue weighted by Gasteiger charge is -2.09. The lowest BCUT2D eigenvalue weighted by molar-refractivity contribution is -0.115. The predicted molar refractivity (Wildman–Crippen MR) is 106 cm³/mol. The van der Waals surface area contributed by atoms with Crippen LogP contribution in [-0.2, 0) is 19.7 Å². The van der Waals surface area contributed by atoms with Gasteiger partial charge in [-0.25, -0.2) is 0 Å². The SMILES string of the molecule is CC(=O)Nc1ccc(S(=O)(=O)Oc2cccc(/C=C3\SC(=N)NC3=O)c2)cc1. The minimum absolute atomic E-state index is 0.0361. The Morgan fingerprint density at radius 3 is 2.54 bits per heavy atom. The molecule has 3 N–H and O–H groups in total. The van der Waals surface area contributed by atoms with Crippen LogP contribution >= 0.6 is 11.8 Å². The first-order valence-corrected chi connectivity index (χ1v) is 10.2. The highest BCUT2D eigenvalue weighted by molar-refractivity contribution is 8.18. The molecular weight excluding hydrogens is 402 g/mol. The molecule has 0 spiro atoms. The van der Waals surface area contributed by atoms with E-state index in [1.165, 1.54) is 43.3 Å². The molecule has 1 fully saturated rings. The second kappa shape index (κ2) is 7.87. The van der Waals surface area contributed by atoms with Crippen molar-refractivity contribution in [1.82, 2.24) is 5.32 Å². The molecule has 3 rings (SSSR count). The van der Waals surface area contributed by atoms with Gasteiger partial charge in [0.25, 0.3) is 5.91 Å². The normalized spacial score (nSPS) is 15.4. The Hall–Kier alpha value is -3.11. The fraction of sp³-hybridized carbons (Fsp3) is 0.0556. The number of amides is 2. The molecule has 1 aliphatic heterocycles. The molecule has 28 heavy (non-hydrogen) atoms. The molecule has 2 aromatic rings. The zero-order chi connectivity index (χ0) is 20.3. The molecule has 0 saturated carbocycles. The molecule has 2 amide bonds. The highest BCUT2D eigenvalue weighted by Crippen LogP contribution is 2.27. The number of hydrogen-bond acceptors (Lipinski definition) is 7. The number of anilines is 1. The highest BCUT2D eigenvalue weighted by Gasteiger charge is 2.22. The number of nitrogens with one attached hydrogen (secondary N) is 3. The van der Waals surface area contributed by atoms with Crippen molar-refractivity contribution in [3.8, 4) is 5.75 Å². The van der Waals surface area contributed by atoms with Crippen molar-refractivity contribution in [2.24, 2.45) is 0 Å². The summed E-state index contributed by atoms with van der Waals surface area (Å²) in [6.45, 7) is 1.35. The smallest absolute Gasteiger partial charge is 0.339 e. The molecule has 0 aliphatic carbocycles. The van der Waals surface area contributed by atoms with E-state index in [4.69, 9.17) is 9.59 Å². The summed E-state index contributed by atoms with van der Waals surface area (Å²) in [4.78, 5) is 23.0. The largest absolute Gasteiger partial charge is 0.379 e. The minimum Gasteiger partial charge on any atom is -0.379 e. The Kier molecular flexibility index (Phi) is 5.52. The highest BCUT2D eigenvalue weighted by atomic mass is 32.2. The van der Waals surface area contributed by atoms with E-state index in [9.17, 15) is 18.0 Å². The molecule has 0 aromatic heterocycles. The van der Waals surface area contributed by atoms with Gasteiger partial charge in [0.15, 0.2) is 5.17 Å². The Balaban J connectivity index is 1.79. The van der Waals surface area contributed by atoms with E-state index in [-0.39, 0.29) is 27.6 Å². The Morgan fingerprint density at radius 1 is 1.21 bits per heavy atom. The Morgan fingerprint density at radius 2 is 1.93 bits per heavy atom. The van der Waals surface area contributed by atoms with Gasteiger partial charge in [0, 0.05) is 12.6 Å². The third kappa shape index (κ3) is 4.78. The van der Waals surface area contributed by atoms with Crippen LogP contribution in [0.15, 0.2) is 58.3 Å². The molecule has 1 aliphatic rings. The number of hydrogen-bond donors (Lipinski definition) is 3. The van der Waals surface area contributed by atoms with E-state index in [1.54, 1.807) is 18.2 Å². The van der Waals surface area contributed by atoms with Crippen molar-refractivity contribution in [2.45, 2.75) is 11.8 Å². The molecule has 8 nitrogen and oxygen atoms in total. The fourth-order valence-electron chi connectivity index (χ4n) is 2.33. The van der Waals surface area contributed by atoms with Crippen molar-refractivity contribution in [3.63, 3.8) is 0 Å². The average molecular weight is 417 g/mol. The monoisotopic (exact) mass is 417 g/mol. The Bertz CT molecular complexity index is 1090. The van der Waals surface area contributed by atoms with Gasteiger partial charge in [0.1, 0.15) is 10.6 Å². The van der Waals surface area contributed by atoms with Crippen LogP contribution in [0.1, 0.15) is 12.5 Å². The quantitative estimate of drug-likeness (QED) is 0.507. The summed E-state index contributed by atoms with van der Waals surface area (Å²) in [5, 5.41) is 12.4. The maximum Gasteiger partial charge on any atom is 0.339 e. The van der Waals surface area contributed by atoms with Gasteiger partial charge in [-0.3, -0.25) is 15.0 Å². The zero-order valence-corrected chi connectivity index (χ0v) is 16.2. The number of rotatable bonds is 5. The van der Waals surface area contributed by atoms with Crippen molar-refractivity contribution in [1.29, 1.82) is 5.41 Å². The standard InChI is InChI=1S/C18H15N3O5S2/c1-11(22)20-13-5-7-15(8-6-13)28(24,25)26-14-4-2-3-12(9-14)10-16-17(23)21-18(19)27-16/h2-10H,1H3,(H,20,22)(H2,19,21,23)/b16-10-. The van der Waals surface area contributed by atoms with Gasteiger partial charge in [-0.15, -0.1) is 0 Å². The van der Waals surface area contributed by atoms with Gasteiger partial charge in [0.2, 0.25) is 5.91 Å². The van der Waals surface area contributed by atoms with Crippen LogP contribution in [0.3, 0.4) is 0 Å². The van der Waals surface area contributed by atoms with Crippen molar-refractivity contribution < 1.29 is 22.2 Å². The second-order valence-electron chi connectivity index (χ2n) is 5.71. The summed E-state index contributed by atoms with van der Waals surface area (Å²) in [5.74, 6) is -0.561.